The maximum atomic E-state index is 11.0. The van der Waals surface area contributed by atoms with Gasteiger partial charge < -0.3 is 0 Å². The van der Waals surface area contributed by atoms with Crippen LogP contribution in [0.3, 0.4) is 0 Å². The number of nitrogens with one attached hydrogen (secondary N) is 1. The molecule has 0 radical (unpaired) electrons. The van der Waals surface area contributed by atoms with E-state index >= 15 is 0 Å². The van der Waals surface area contributed by atoms with Crippen molar-refractivity contribution in [3.63, 3.8) is 0 Å². The maximum Gasteiger partial charge on any atom is 0.267 e. The third kappa shape index (κ3) is 2.45. The van der Waals surface area contributed by atoms with Crippen LogP contribution in [0, 0.1) is 6.92 Å². The zero-order chi connectivity index (χ0) is 8.43. The average Bonchev–Trinajstić information content (AvgIpc) is 2.28. The van der Waals surface area contributed by atoms with Crippen molar-refractivity contribution in [3.05, 3.63) is 20.3 Å². The van der Waals surface area contributed by atoms with E-state index in [1.165, 1.54) is 11.3 Å². The molecule has 12 heavy (non-hydrogen) atoms. The van der Waals surface area contributed by atoms with Gasteiger partial charge in [-0.2, -0.15) is 0 Å². The molecule has 1 heterocycles. The van der Waals surface area contributed by atoms with Crippen LogP contribution in [0.4, 0.5) is 0 Å². The van der Waals surface area contributed by atoms with Crippen LogP contribution in [-0.2, 0) is 0 Å². The lowest BCUT2D eigenvalue weighted by molar-refractivity contribution is 0.0953. The van der Waals surface area contributed by atoms with Gasteiger partial charge in [-0.05, 0) is 28.9 Å². The molecule has 0 spiro atoms. The zero-order valence-corrected chi connectivity index (χ0v) is 9.48. The number of aryl methyl sites for hydroxylation is 1. The Kier molecular flexibility index (Phi) is 4.77. The van der Waals surface area contributed by atoms with E-state index in [0.29, 0.717) is 5.56 Å². The van der Waals surface area contributed by atoms with Crippen LogP contribution in [0.1, 0.15) is 15.2 Å². The van der Waals surface area contributed by atoms with Crippen LogP contribution in [0.25, 0.3) is 0 Å². The van der Waals surface area contributed by atoms with Crippen LogP contribution >= 0.6 is 39.7 Å². The second-order valence-corrected chi connectivity index (χ2v) is 4.59. The number of rotatable bonds is 1. The molecule has 0 saturated carbocycles. The van der Waals surface area contributed by atoms with Crippen LogP contribution < -0.4 is 11.3 Å². The Morgan fingerprint density at radius 2 is 2.33 bits per heavy atom. The number of hydrogen-bond donors (Lipinski definition) is 2. The molecule has 1 aromatic rings. The molecule has 68 valence electrons. The van der Waals surface area contributed by atoms with Crippen molar-refractivity contribution in [1.29, 1.82) is 0 Å². The van der Waals surface area contributed by atoms with E-state index in [4.69, 9.17) is 5.84 Å². The highest BCUT2D eigenvalue weighted by atomic mass is 79.9. The highest BCUT2D eigenvalue weighted by molar-refractivity contribution is 9.11. The number of halogens is 2. The van der Waals surface area contributed by atoms with E-state index in [2.05, 4.69) is 21.4 Å². The first-order valence-corrected chi connectivity index (χ1v) is 4.53. The number of hydrogen-bond acceptors (Lipinski definition) is 3. The second kappa shape index (κ2) is 4.81. The summed E-state index contributed by atoms with van der Waals surface area (Å²) in [6, 6.07) is 1.79. The van der Waals surface area contributed by atoms with E-state index in [9.17, 15) is 4.79 Å². The highest BCUT2D eigenvalue weighted by Gasteiger charge is 2.10. The van der Waals surface area contributed by atoms with E-state index in [1.54, 1.807) is 6.07 Å². The normalized spacial score (nSPS) is 8.92. The Bertz CT molecular complexity index is 289. The number of carbonyl (C=O) groups is 1. The van der Waals surface area contributed by atoms with Crippen LogP contribution in [0.5, 0.6) is 0 Å². The standard InChI is InChI=1S/C6H7BrN2OS.ClH/c1-3-2-4(5(7)11-3)6(10)9-8;/h2H,8H2,1H3,(H,9,10);1H. The fourth-order valence-corrected chi connectivity index (χ4v) is 2.50. The molecule has 6 heteroatoms. The van der Waals surface area contributed by atoms with E-state index in [0.717, 1.165) is 8.66 Å². The Hall–Kier alpha value is -0.1000. The average molecular weight is 272 g/mol. The maximum absolute atomic E-state index is 11.0. The minimum Gasteiger partial charge on any atom is -0.290 e. The summed E-state index contributed by atoms with van der Waals surface area (Å²) in [6.07, 6.45) is 0. The fourth-order valence-electron chi connectivity index (χ4n) is 0.718. The minimum absolute atomic E-state index is 0. The first-order valence-electron chi connectivity index (χ1n) is 2.92. The summed E-state index contributed by atoms with van der Waals surface area (Å²) in [5.74, 6) is 4.70. The van der Waals surface area contributed by atoms with E-state index in [1.807, 2.05) is 6.92 Å². The van der Waals surface area contributed by atoms with Gasteiger partial charge in [0, 0.05) is 4.88 Å². The fraction of sp³-hybridized carbons (Fsp3) is 0.167. The summed E-state index contributed by atoms with van der Waals surface area (Å²) in [6.45, 7) is 1.93. The number of nitrogen functional groups attached to an aromatic ring is 1. The highest BCUT2D eigenvalue weighted by Crippen LogP contribution is 2.26. The van der Waals surface area contributed by atoms with Crippen molar-refractivity contribution in [3.8, 4) is 0 Å². The number of amides is 1. The summed E-state index contributed by atoms with van der Waals surface area (Å²) < 4.78 is 0.818. The summed E-state index contributed by atoms with van der Waals surface area (Å²) >= 11 is 4.77. The van der Waals surface area contributed by atoms with Crippen molar-refractivity contribution in [2.24, 2.45) is 5.84 Å². The van der Waals surface area contributed by atoms with Gasteiger partial charge in [0.2, 0.25) is 0 Å². The molecule has 3 N–H and O–H groups in total. The van der Waals surface area contributed by atoms with Crippen molar-refractivity contribution in [2.75, 3.05) is 0 Å². The molecular weight excluding hydrogens is 264 g/mol. The molecule has 0 aromatic carbocycles. The quantitative estimate of drug-likeness (QED) is 0.465. The molecule has 0 saturated heterocycles. The molecular formula is C6H8BrClN2OS. The zero-order valence-electron chi connectivity index (χ0n) is 6.26. The van der Waals surface area contributed by atoms with Crippen LogP contribution in [0.2, 0.25) is 0 Å². The predicted octanol–water partition coefficient (Wildman–Crippen LogP) is 1.84. The van der Waals surface area contributed by atoms with Crippen molar-refractivity contribution >= 4 is 45.6 Å². The summed E-state index contributed by atoms with van der Waals surface area (Å²) in [4.78, 5) is 12.1. The molecule has 3 nitrogen and oxygen atoms in total. The van der Waals surface area contributed by atoms with Gasteiger partial charge in [0.05, 0.1) is 9.35 Å². The number of carbonyl (C=O) groups excluding carboxylic acids is 1. The lowest BCUT2D eigenvalue weighted by atomic mass is 10.3. The van der Waals surface area contributed by atoms with Crippen molar-refractivity contribution in [2.45, 2.75) is 6.92 Å². The molecule has 0 fully saturated rings. The van der Waals surface area contributed by atoms with Gasteiger partial charge in [0.15, 0.2) is 0 Å². The lowest BCUT2D eigenvalue weighted by Gasteiger charge is -1.94. The number of thiophene rings is 1. The topological polar surface area (TPSA) is 55.1 Å². The third-order valence-corrected chi connectivity index (χ3v) is 2.94. The Morgan fingerprint density at radius 1 is 1.75 bits per heavy atom. The molecule has 1 aromatic heterocycles. The monoisotopic (exact) mass is 270 g/mol. The number of hydrazine groups is 1. The summed E-state index contributed by atoms with van der Waals surface area (Å²) in [5, 5.41) is 0. The molecule has 0 unspecified atom stereocenters. The van der Waals surface area contributed by atoms with Gasteiger partial charge >= 0.3 is 0 Å². The van der Waals surface area contributed by atoms with Gasteiger partial charge in [0.25, 0.3) is 5.91 Å². The summed E-state index contributed by atoms with van der Waals surface area (Å²) in [7, 11) is 0. The molecule has 0 atom stereocenters. The third-order valence-electron chi connectivity index (χ3n) is 1.19. The molecule has 0 aliphatic carbocycles. The smallest absolute Gasteiger partial charge is 0.267 e. The Labute approximate surface area is 88.8 Å². The predicted molar refractivity (Wildman–Crippen MR) is 55.7 cm³/mol. The van der Waals surface area contributed by atoms with Crippen molar-refractivity contribution < 1.29 is 4.79 Å². The largest absolute Gasteiger partial charge is 0.290 e. The molecule has 0 aliphatic rings. The second-order valence-electron chi connectivity index (χ2n) is 2.02. The van der Waals surface area contributed by atoms with Crippen LogP contribution in [-0.4, -0.2) is 5.91 Å². The van der Waals surface area contributed by atoms with Gasteiger partial charge in [-0.25, -0.2) is 5.84 Å². The van der Waals surface area contributed by atoms with Gasteiger partial charge in [-0.15, -0.1) is 23.7 Å². The SMILES string of the molecule is Cc1cc(C(=O)NN)c(Br)s1.Cl. The van der Waals surface area contributed by atoms with E-state index in [-0.39, 0.29) is 18.3 Å². The van der Waals surface area contributed by atoms with Crippen molar-refractivity contribution in [1.82, 2.24) is 5.43 Å². The van der Waals surface area contributed by atoms with Gasteiger partial charge in [-0.3, -0.25) is 10.2 Å². The molecule has 0 bridgehead atoms. The van der Waals surface area contributed by atoms with E-state index < -0.39 is 0 Å². The van der Waals surface area contributed by atoms with Crippen LogP contribution in [0.15, 0.2) is 9.85 Å². The lowest BCUT2D eigenvalue weighted by Crippen LogP contribution is -2.29. The van der Waals surface area contributed by atoms with Gasteiger partial charge in [0.1, 0.15) is 0 Å². The Balaban J connectivity index is 0.00000121. The molecule has 1 rings (SSSR count). The minimum atomic E-state index is -0.263. The molecule has 1 amide bonds. The molecule has 0 aliphatic heterocycles. The first kappa shape index (κ1) is 11.9. The Morgan fingerprint density at radius 3 is 2.67 bits per heavy atom. The van der Waals surface area contributed by atoms with Gasteiger partial charge in [-0.1, -0.05) is 0 Å². The first-order chi connectivity index (χ1) is 5.15. The summed E-state index contributed by atoms with van der Waals surface area (Å²) in [5.41, 5.74) is 2.67. The number of nitrogens with two attached hydrogens (primary N) is 1.